The largest absolute Gasteiger partial charge is 0.261 e. The summed E-state index contributed by atoms with van der Waals surface area (Å²) < 4.78 is 21.3. The highest BCUT2D eigenvalue weighted by atomic mass is 35.7. The Balaban J connectivity index is -0.000000318. The molecule has 0 heterocycles. The average molecular weight is 253 g/mol. The van der Waals surface area contributed by atoms with Crippen LogP contribution < -0.4 is 0 Å². The average Bonchev–Trinajstić information content (AvgIpc) is 2.23. The number of allylic oxidation sites excluding steroid dienone is 4. The van der Waals surface area contributed by atoms with Crippen molar-refractivity contribution in [2.45, 2.75) is 34.6 Å². The normalized spacial score (nSPS) is 10.9. The van der Waals surface area contributed by atoms with Crippen molar-refractivity contribution in [1.82, 2.24) is 0 Å². The molecule has 0 bridgehead atoms. The third-order valence-electron chi connectivity index (χ3n) is 0.936. The quantitative estimate of drug-likeness (QED) is 0.556. The third-order valence-corrected chi connectivity index (χ3v) is 2.34. The predicted molar refractivity (Wildman–Crippen MR) is 70.6 cm³/mol. The predicted octanol–water partition coefficient (Wildman–Crippen LogP) is 4.25. The van der Waals surface area contributed by atoms with Gasteiger partial charge in [0.2, 0.25) is 0 Å². The zero-order chi connectivity index (χ0) is 12.9. The van der Waals surface area contributed by atoms with Crippen molar-refractivity contribution in [2.75, 3.05) is 0 Å². The second-order valence-electron chi connectivity index (χ2n) is 1.74. The smallest absolute Gasteiger partial charge is 0.207 e. The van der Waals surface area contributed by atoms with Crippen molar-refractivity contribution in [3.63, 3.8) is 0 Å². The van der Waals surface area contributed by atoms with Crippen LogP contribution >= 0.6 is 10.7 Å². The van der Waals surface area contributed by atoms with Gasteiger partial charge in [0.15, 0.2) is 0 Å². The van der Waals surface area contributed by atoms with Gasteiger partial charge in [-0.05, 0) is 19.1 Å². The van der Waals surface area contributed by atoms with Crippen molar-refractivity contribution in [1.29, 1.82) is 0 Å². The molecular formula is C11H21ClO2S. The van der Waals surface area contributed by atoms with Gasteiger partial charge in [-0.3, -0.25) is 0 Å². The summed E-state index contributed by atoms with van der Waals surface area (Å²) in [5.41, 5.74) is 0. The van der Waals surface area contributed by atoms with E-state index in [2.05, 4.69) is 6.58 Å². The van der Waals surface area contributed by atoms with E-state index < -0.39 is 9.05 Å². The first-order valence-corrected chi connectivity index (χ1v) is 7.23. The number of rotatable bonds is 3. The van der Waals surface area contributed by atoms with Crippen LogP contribution in [0.2, 0.25) is 0 Å². The van der Waals surface area contributed by atoms with Crippen molar-refractivity contribution in [3.05, 3.63) is 35.8 Å². The van der Waals surface area contributed by atoms with Crippen LogP contribution in [-0.2, 0) is 9.05 Å². The molecule has 0 unspecified atom stereocenters. The molecule has 0 aliphatic rings. The Kier molecular flexibility index (Phi) is 17.9. The second-order valence-corrected chi connectivity index (χ2v) is 4.30. The Hall–Kier alpha value is -0.540. The fourth-order valence-electron chi connectivity index (χ4n) is 0.440. The lowest BCUT2D eigenvalue weighted by Crippen LogP contribution is -1.89. The van der Waals surface area contributed by atoms with Gasteiger partial charge in [-0.2, -0.15) is 0 Å². The second kappa shape index (κ2) is 13.5. The van der Waals surface area contributed by atoms with Crippen molar-refractivity contribution in [3.8, 4) is 0 Å². The Morgan fingerprint density at radius 2 is 1.60 bits per heavy atom. The summed E-state index contributed by atoms with van der Waals surface area (Å²) in [6.07, 6.45) is 5.86. The van der Waals surface area contributed by atoms with E-state index in [0.717, 1.165) is 0 Å². The van der Waals surface area contributed by atoms with Crippen LogP contribution in [0, 0.1) is 0 Å². The molecule has 0 spiro atoms. The van der Waals surface area contributed by atoms with E-state index >= 15 is 0 Å². The summed E-state index contributed by atoms with van der Waals surface area (Å²) in [7, 11) is 1.41. The Bertz CT molecular complexity index is 288. The van der Waals surface area contributed by atoms with Gasteiger partial charge in [-0.1, -0.05) is 46.4 Å². The van der Waals surface area contributed by atoms with Gasteiger partial charge in [0.1, 0.15) is 0 Å². The minimum Gasteiger partial charge on any atom is -0.207 e. The molecule has 0 fully saturated rings. The molecule has 0 aliphatic carbocycles. The molecule has 2 nitrogen and oxygen atoms in total. The molecule has 0 aliphatic heterocycles. The van der Waals surface area contributed by atoms with Gasteiger partial charge in [0, 0.05) is 10.7 Å². The summed E-state index contributed by atoms with van der Waals surface area (Å²) in [5, 5.41) is 0. The standard InChI is InChI=1S/C7H9ClO2S.2C2H6/c1-3-5-6-7(4-2)11(8,9)10;2*1-2/h3-6H,2H2,1H3;2*1-2H3/b5-3-,7-6+;;. The molecule has 0 aromatic rings. The molecular weight excluding hydrogens is 232 g/mol. The first-order chi connectivity index (χ1) is 7.02. The summed E-state index contributed by atoms with van der Waals surface area (Å²) in [5.74, 6) is 0. The zero-order valence-corrected chi connectivity index (χ0v) is 11.7. The van der Waals surface area contributed by atoms with E-state index in [1.807, 2.05) is 27.7 Å². The monoisotopic (exact) mass is 252 g/mol. The maximum Gasteiger partial charge on any atom is 0.261 e. The first-order valence-electron chi connectivity index (χ1n) is 4.92. The molecule has 0 aromatic heterocycles. The maximum atomic E-state index is 10.7. The van der Waals surface area contributed by atoms with Crippen LogP contribution in [0.15, 0.2) is 35.8 Å². The third kappa shape index (κ3) is 13.5. The first kappa shape index (κ1) is 19.9. The maximum absolute atomic E-state index is 10.7. The molecule has 0 aromatic carbocycles. The fourth-order valence-corrected chi connectivity index (χ4v) is 1.22. The highest BCUT2D eigenvalue weighted by Gasteiger charge is 2.07. The number of hydrogen-bond donors (Lipinski definition) is 0. The topological polar surface area (TPSA) is 34.1 Å². The van der Waals surface area contributed by atoms with Crippen LogP contribution in [0.25, 0.3) is 0 Å². The van der Waals surface area contributed by atoms with E-state index in [4.69, 9.17) is 10.7 Å². The molecule has 0 N–H and O–H groups in total. The Labute approximate surface area is 98.8 Å². The summed E-state index contributed by atoms with van der Waals surface area (Å²) in [6, 6.07) is 0. The van der Waals surface area contributed by atoms with Crippen molar-refractivity contribution < 1.29 is 8.42 Å². The van der Waals surface area contributed by atoms with Gasteiger partial charge in [0.25, 0.3) is 9.05 Å². The lowest BCUT2D eigenvalue weighted by atomic mass is 10.4. The van der Waals surface area contributed by atoms with Gasteiger partial charge in [0.05, 0.1) is 4.91 Å². The summed E-state index contributed by atoms with van der Waals surface area (Å²) >= 11 is 0. The molecule has 0 radical (unpaired) electrons. The van der Waals surface area contributed by atoms with Crippen LogP contribution in [-0.4, -0.2) is 8.42 Å². The molecule has 0 amide bonds. The van der Waals surface area contributed by atoms with Gasteiger partial charge < -0.3 is 0 Å². The molecule has 0 saturated heterocycles. The summed E-state index contributed by atoms with van der Waals surface area (Å²) in [4.78, 5) is 0.0114. The molecule has 4 heteroatoms. The van der Waals surface area contributed by atoms with Gasteiger partial charge in [-0.15, -0.1) is 0 Å². The minimum atomic E-state index is -3.62. The summed E-state index contributed by atoms with van der Waals surface area (Å²) in [6.45, 7) is 13.1. The lowest BCUT2D eigenvalue weighted by Gasteiger charge is -1.91. The van der Waals surface area contributed by atoms with Gasteiger partial charge >= 0.3 is 0 Å². The van der Waals surface area contributed by atoms with Gasteiger partial charge in [-0.25, -0.2) is 8.42 Å². The van der Waals surface area contributed by atoms with E-state index in [1.165, 1.54) is 12.2 Å². The molecule has 90 valence electrons. The van der Waals surface area contributed by atoms with E-state index in [9.17, 15) is 8.42 Å². The van der Waals surface area contributed by atoms with Crippen molar-refractivity contribution in [2.24, 2.45) is 0 Å². The van der Waals surface area contributed by atoms with Crippen LogP contribution in [0.3, 0.4) is 0 Å². The minimum absolute atomic E-state index is 0.0114. The van der Waals surface area contributed by atoms with Crippen molar-refractivity contribution >= 4 is 19.7 Å². The lowest BCUT2D eigenvalue weighted by molar-refractivity contribution is 0.615. The van der Waals surface area contributed by atoms with Crippen LogP contribution in [0.4, 0.5) is 0 Å². The molecule has 0 rings (SSSR count). The van der Waals surface area contributed by atoms with Crippen LogP contribution in [0.5, 0.6) is 0 Å². The van der Waals surface area contributed by atoms with E-state index in [-0.39, 0.29) is 4.91 Å². The van der Waals surface area contributed by atoms with E-state index in [0.29, 0.717) is 0 Å². The molecule has 0 saturated carbocycles. The number of halogens is 1. The Morgan fingerprint density at radius 1 is 1.20 bits per heavy atom. The van der Waals surface area contributed by atoms with Crippen LogP contribution in [0.1, 0.15) is 34.6 Å². The SMILES string of the molecule is C=C/C(=C\C=C/C)S(=O)(=O)Cl.CC.CC. The number of hydrogen-bond acceptors (Lipinski definition) is 2. The fraction of sp³-hybridized carbons (Fsp3) is 0.455. The highest BCUT2D eigenvalue weighted by molar-refractivity contribution is 8.17. The zero-order valence-electron chi connectivity index (χ0n) is 10.1. The molecule has 0 atom stereocenters. The highest BCUT2D eigenvalue weighted by Crippen LogP contribution is 2.12. The molecule has 15 heavy (non-hydrogen) atoms. The Morgan fingerprint density at radius 3 is 1.80 bits per heavy atom. The van der Waals surface area contributed by atoms with E-state index in [1.54, 1.807) is 19.1 Å².